The van der Waals surface area contributed by atoms with Crippen molar-refractivity contribution in [3.05, 3.63) is 46.4 Å². The predicted molar refractivity (Wildman–Crippen MR) is 104 cm³/mol. The molecule has 1 aliphatic rings. The number of halogens is 3. The monoisotopic (exact) mass is 454 g/mol. The van der Waals surface area contributed by atoms with Crippen LogP contribution in [0.2, 0.25) is 0 Å². The maximum Gasteiger partial charge on any atom is 0.416 e. The van der Waals surface area contributed by atoms with Gasteiger partial charge in [0.05, 0.1) is 29.5 Å². The normalized spacial score (nSPS) is 14.7. The summed E-state index contributed by atoms with van der Waals surface area (Å²) in [6, 6.07) is 3.72. The summed E-state index contributed by atoms with van der Waals surface area (Å²) in [6.45, 7) is 1.84. The second kappa shape index (κ2) is 7.59. The number of fused-ring (bicyclic) bond motifs is 1. The largest absolute Gasteiger partial charge is 0.492 e. The molecule has 0 bridgehead atoms. The Labute approximate surface area is 174 Å². The molecule has 12 heteroatoms. The lowest BCUT2D eigenvalue weighted by molar-refractivity contribution is -0.137. The van der Waals surface area contributed by atoms with Gasteiger partial charge in [0.2, 0.25) is 0 Å². The van der Waals surface area contributed by atoms with Crippen molar-refractivity contribution in [3.63, 3.8) is 0 Å². The second-order valence-corrected chi connectivity index (χ2v) is 9.43. The fraction of sp³-hybridized carbons (Fsp3) is 0.368. The molecule has 0 amide bonds. The Balaban J connectivity index is 1.87. The molecule has 1 aliphatic carbocycles. The van der Waals surface area contributed by atoms with E-state index in [1.54, 1.807) is 0 Å². The molecule has 2 heterocycles. The molecule has 0 N–H and O–H groups in total. The van der Waals surface area contributed by atoms with E-state index in [1.165, 1.54) is 19.2 Å². The predicted octanol–water partition coefficient (Wildman–Crippen LogP) is 2.78. The van der Waals surface area contributed by atoms with Crippen molar-refractivity contribution in [2.24, 2.45) is 5.92 Å². The summed E-state index contributed by atoms with van der Waals surface area (Å²) in [5, 5.41) is 7.10. The van der Waals surface area contributed by atoms with E-state index in [2.05, 4.69) is 15.3 Å². The summed E-state index contributed by atoms with van der Waals surface area (Å²) < 4.78 is 70.7. The Morgan fingerprint density at radius 2 is 1.97 bits per heavy atom. The van der Waals surface area contributed by atoms with Crippen LogP contribution in [0.5, 0.6) is 5.75 Å². The van der Waals surface area contributed by atoms with Crippen molar-refractivity contribution in [3.8, 4) is 11.6 Å². The summed E-state index contributed by atoms with van der Waals surface area (Å²) in [6.07, 6.45) is -1.34. The van der Waals surface area contributed by atoms with Crippen molar-refractivity contribution >= 4 is 20.7 Å². The van der Waals surface area contributed by atoms with Crippen LogP contribution < -0.4 is 10.3 Å². The number of rotatable bonds is 6. The lowest BCUT2D eigenvalue weighted by Crippen LogP contribution is -2.26. The summed E-state index contributed by atoms with van der Waals surface area (Å²) >= 11 is 0. The van der Waals surface area contributed by atoms with Gasteiger partial charge in [0, 0.05) is 6.07 Å². The molecule has 31 heavy (non-hydrogen) atoms. The molecular weight excluding hydrogens is 437 g/mol. The van der Waals surface area contributed by atoms with Gasteiger partial charge >= 0.3 is 6.18 Å². The zero-order valence-electron chi connectivity index (χ0n) is 16.3. The average Bonchev–Trinajstić information content (AvgIpc) is 3.56. The number of benzene rings is 1. The van der Waals surface area contributed by atoms with Gasteiger partial charge in [-0.2, -0.15) is 17.9 Å². The minimum absolute atomic E-state index is 0.0569. The number of hydrogen-bond donors (Lipinski definition) is 0. The lowest BCUT2D eigenvalue weighted by Gasteiger charge is -2.13. The second-order valence-electron chi connectivity index (χ2n) is 7.19. The third kappa shape index (κ3) is 4.24. The smallest absolute Gasteiger partial charge is 0.416 e. The molecule has 0 aliphatic heterocycles. The van der Waals surface area contributed by atoms with E-state index in [0.717, 1.165) is 25.0 Å². The quantitative estimate of drug-likeness (QED) is 0.564. The maximum atomic E-state index is 13.1. The highest BCUT2D eigenvalue weighted by atomic mass is 32.2. The molecule has 1 fully saturated rings. The third-order valence-corrected chi connectivity index (χ3v) is 6.63. The molecule has 4 rings (SSSR count). The van der Waals surface area contributed by atoms with Crippen molar-refractivity contribution < 1.29 is 26.3 Å². The molecule has 0 spiro atoms. The highest BCUT2D eigenvalue weighted by Gasteiger charge is 2.31. The molecule has 0 unspecified atom stereocenters. The fourth-order valence-electron chi connectivity index (χ4n) is 2.90. The van der Waals surface area contributed by atoms with Crippen molar-refractivity contribution in [2.75, 3.05) is 12.4 Å². The van der Waals surface area contributed by atoms with Crippen molar-refractivity contribution in [1.82, 2.24) is 20.0 Å². The van der Waals surface area contributed by atoms with Crippen LogP contribution in [-0.4, -0.2) is 40.8 Å². The highest BCUT2D eigenvalue weighted by Crippen LogP contribution is 2.31. The first-order chi connectivity index (χ1) is 14.6. The first-order valence-electron chi connectivity index (χ1n) is 9.43. The van der Waals surface area contributed by atoms with Gasteiger partial charge < -0.3 is 4.74 Å². The van der Waals surface area contributed by atoms with E-state index < -0.39 is 27.1 Å². The van der Waals surface area contributed by atoms with Crippen LogP contribution in [-0.2, 0) is 16.0 Å². The molecule has 0 radical (unpaired) electrons. The van der Waals surface area contributed by atoms with E-state index in [1.807, 2.05) is 0 Å². The highest BCUT2D eigenvalue weighted by molar-refractivity contribution is 7.91. The number of ether oxygens (including phenoxy) is 1. The van der Waals surface area contributed by atoms with Gasteiger partial charge in [-0.1, -0.05) is 12.1 Å². The fourth-order valence-corrected chi connectivity index (χ4v) is 3.92. The molecule has 1 aromatic carbocycles. The Kier molecular flexibility index (Phi) is 5.20. The molecule has 1 saturated carbocycles. The molecule has 3 aromatic rings. The maximum absolute atomic E-state index is 13.1. The number of alkyl halides is 3. The van der Waals surface area contributed by atoms with Gasteiger partial charge in [0.1, 0.15) is 16.2 Å². The summed E-state index contributed by atoms with van der Waals surface area (Å²) in [4.78, 5) is 16.6. The average molecular weight is 454 g/mol. The van der Waals surface area contributed by atoms with Crippen LogP contribution in [0, 0.1) is 5.92 Å². The van der Waals surface area contributed by atoms with Gasteiger partial charge in [-0.25, -0.2) is 13.4 Å². The standard InChI is InChI=1S/C19H17F3N4O4S/c1-2-31(28,29)16-8-13(30-10-11-3-4-11)9-23-17(16)26-18(27)14-7-12(19(20,21)22)5-6-15(14)24-25-26/h5-9,11H,2-4,10H2,1H3. The van der Waals surface area contributed by atoms with Gasteiger partial charge in [0.15, 0.2) is 15.7 Å². The number of nitrogens with zero attached hydrogens (tertiary/aromatic N) is 4. The molecule has 0 atom stereocenters. The Bertz CT molecular complexity index is 1320. The van der Waals surface area contributed by atoms with Crippen LogP contribution in [0.3, 0.4) is 0 Å². The van der Waals surface area contributed by atoms with Crippen LogP contribution in [0.15, 0.2) is 40.2 Å². The number of hydrogen-bond acceptors (Lipinski definition) is 7. The molecule has 164 valence electrons. The van der Waals surface area contributed by atoms with E-state index in [9.17, 15) is 26.4 Å². The molecule has 2 aromatic heterocycles. The Hall–Kier alpha value is -3.02. The van der Waals surface area contributed by atoms with Crippen LogP contribution in [0.4, 0.5) is 13.2 Å². The summed E-state index contributed by atoms with van der Waals surface area (Å²) in [7, 11) is -3.87. The van der Waals surface area contributed by atoms with Gasteiger partial charge in [-0.3, -0.25) is 4.79 Å². The van der Waals surface area contributed by atoms with Gasteiger partial charge in [-0.05, 0) is 37.0 Å². The zero-order valence-corrected chi connectivity index (χ0v) is 17.1. The van der Waals surface area contributed by atoms with E-state index in [0.29, 0.717) is 23.3 Å². The lowest BCUT2D eigenvalue weighted by atomic mass is 10.1. The van der Waals surface area contributed by atoms with Gasteiger partial charge in [0.25, 0.3) is 5.56 Å². The first-order valence-corrected chi connectivity index (χ1v) is 11.1. The van der Waals surface area contributed by atoms with Crippen LogP contribution in [0.25, 0.3) is 16.7 Å². The van der Waals surface area contributed by atoms with Crippen LogP contribution >= 0.6 is 0 Å². The van der Waals surface area contributed by atoms with E-state index in [4.69, 9.17) is 4.74 Å². The first kappa shape index (κ1) is 21.2. The Morgan fingerprint density at radius 1 is 1.23 bits per heavy atom. The molecule has 8 nitrogen and oxygen atoms in total. The number of pyridine rings is 1. The van der Waals surface area contributed by atoms with E-state index in [-0.39, 0.29) is 33.1 Å². The minimum Gasteiger partial charge on any atom is -0.492 e. The van der Waals surface area contributed by atoms with E-state index >= 15 is 0 Å². The van der Waals surface area contributed by atoms with Crippen molar-refractivity contribution in [1.29, 1.82) is 0 Å². The summed E-state index contributed by atoms with van der Waals surface area (Å²) in [5.74, 6) is -0.00848. The van der Waals surface area contributed by atoms with Gasteiger partial charge in [-0.15, -0.1) is 5.10 Å². The molecule has 0 saturated heterocycles. The number of aromatic nitrogens is 4. The minimum atomic E-state index is -4.66. The Morgan fingerprint density at radius 3 is 2.61 bits per heavy atom. The topological polar surface area (TPSA) is 104 Å². The third-order valence-electron chi connectivity index (χ3n) is 4.89. The zero-order chi connectivity index (χ0) is 22.4. The summed E-state index contributed by atoms with van der Waals surface area (Å²) in [5.41, 5.74) is -2.06. The van der Waals surface area contributed by atoms with Crippen LogP contribution in [0.1, 0.15) is 25.3 Å². The van der Waals surface area contributed by atoms with Crippen molar-refractivity contribution in [2.45, 2.75) is 30.8 Å². The SMILES string of the molecule is CCS(=O)(=O)c1cc(OCC2CC2)cnc1-n1nnc2ccc(C(F)(F)F)cc2c1=O. The molecular formula is C19H17F3N4O4S. The number of sulfone groups is 1.